The number of carbonyl (C=O) groups excluding carboxylic acids is 2. The van der Waals surface area contributed by atoms with Crippen LogP contribution in [-0.4, -0.2) is 34.9 Å². The van der Waals surface area contributed by atoms with E-state index in [1.165, 1.54) is 43.3 Å². The maximum atomic E-state index is 14.1. The lowest BCUT2D eigenvalue weighted by molar-refractivity contribution is -0.385. The summed E-state index contributed by atoms with van der Waals surface area (Å²) in [6, 6.07) is 10.8. The minimum absolute atomic E-state index is 0.0337. The quantitative estimate of drug-likeness (QED) is 0.476. The first kappa shape index (κ1) is 18.3. The number of hydrogen-bond acceptors (Lipinski definition) is 5. The van der Waals surface area contributed by atoms with Crippen LogP contribution in [0, 0.1) is 15.9 Å². The lowest BCUT2D eigenvalue weighted by Gasteiger charge is -2.22. The van der Waals surface area contributed by atoms with Crippen molar-refractivity contribution in [2.45, 2.75) is 12.5 Å². The summed E-state index contributed by atoms with van der Waals surface area (Å²) in [6.45, 7) is 1.15. The first-order chi connectivity index (χ1) is 12.8. The molecule has 1 N–H and O–H groups in total. The van der Waals surface area contributed by atoms with Gasteiger partial charge in [0.2, 0.25) is 0 Å². The minimum atomic E-state index is -1.53. The lowest BCUT2D eigenvalue weighted by atomic mass is 9.91. The summed E-state index contributed by atoms with van der Waals surface area (Å²) >= 11 is 0. The van der Waals surface area contributed by atoms with Crippen LogP contribution in [0.2, 0.25) is 0 Å². The molecule has 0 aliphatic carbocycles. The highest BCUT2D eigenvalue weighted by Gasteiger charge is 2.50. The number of nitrogens with one attached hydrogen (secondary N) is 1. The highest BCUT2D eigenvalue weighted by molar-refractivity contribution is 6.07. The fraction of sp³-hybridized carbons (Fsp3) is 0.222. The van der Waals surface area contributed by atoms with Crippen LogP contribution in [0.3, 0.4) is 0 Å². The van der Waals surface area contributed by atoms with E-state index in [9.17, 15) is 24.1 Å². The number of para-hydroxylation sites is 2. The lowest BCUT2D eigenvalue weighted by Crippen LogP contribution is -2.42. The topological polar surface area (TPSA) is 102 Å². The van der Waals surface area contributed by atoms with E-state index in [0.717, 1.165) is 4.90 Å². The van der Waals surface area contributed by atoms with Crippen LogP contribution in [0.1, 0.15) is 12.5 Å². The third-order valence-electron chi connectivity index (χ3n) is 4.32. The molecule has 1 unspecified atom stereocenters. The molecule has 1 fully saturated rings. The van der Waals surface area contributed by atoms with Crippen LogP contribution in [0.4, 0.5) is 14.9 Å². The average molecular weight is 373 g/mol. The third-order valence-corrected chi connectivity index (χ3v) is 4.32. The molecule has 2 aromatic rings. The van der Waals surface area contributed by atoms with Crippen molar-refractivity contribution in [1.29, 1.82) is 0 Å². The summed E-state index contributed by atoms with van der Waals surface area (Å²) in [5.74, 6) is -1.19. The molecular weight excluding hydrogens is 357 g/mol. The molecule has 1 atom stereocenters. The first-order valence-electron chi connectivity index (χ1n) is 8.10. The van der Waals surface area contributed by atoms with E-state index in [-0.39, 0.29) is 30.2 Å². The molecule has 1 aliphatic rings. The van der Waals surface area contributed by atoms with Gasteiger partial charge in [-0.25, -0.2) is 9.18 Å². The van der Waals surface area contributed by atoms with Crippen molar-refractivity contribution in [3.05, 3.63) is 70.0 Å². The van der Waals surface area contributed by atoms with E-state index in [0.29, 0.717) is 0 Å². The van der Waals surface area contributed by atoms with Gasteiger partial charge >= 0.3 is 11.7 Å². The Morgan fingerprint density at radius 2 is 1.85 bits per heavy atom. The molecular formula is C18H16FN3O5. The second kappa shape index (κ2) is 7.02. The second-order valence-electron chi connectivity index (χ2n) is 6.07. The van der Waals surface area contributed by atoms with Gasteiger partial charge in [-0.05, 0) is 19.1 Å². The minimum Gasteiger partial charge on any atom is -0.485 e. The van der Waals surface area contributed by atoms with Gasteiger partial charge in [0.05, 0.1) is 11.5 Å². The number of imide groups is 1. The molecule has 3 rings (SSSR count). The molecule has 0 saturated carbocycles. The van der Waals surface area contributed by atoms with E-state index in [1.807, 2.05) is 0 Å². The zero-order valence-electron chi connectivity index (χ0n) is 14.3. The van der Waals surface area contributed by atoms with Crippen molar-refractivity contribution in [3.63, 3.8) is 0 Å². The normalized spacial score (nSPS) is 19.1. The summed E-state index contributed by atoms with van der Waals surface area (Å²) in [5.41, 5.74) is -1.68. The maximum absolute atomic E-state index is 14.1. The molecule has 0 aromatic heterocycles. The number of rotatable bonds is 6. The summed E-state index contributed by atoms with van der Waals surface area (Å²) in [5, 5.41) is 13.5. The summed E-state index contributed by atoms with van der Waals surface area (Å²) in [6.07, 6.45) is 0. The highest BCUT2D eigenvalue weighted by Crippen LogP contribution is 2.31. The van der Waals surface area contributed by atoms with Gasteiger partial charge < -0.3 is 10.1 Å². The van der Waals surface area contributed by atoms with Crippen molar-refractivity contribution in [2.24, 2.45) is 0 Å². The van der Waals surface area contributed by atoms with E-state index >= 15 is 0 Å². The zero-order valence-corrected chi connectivity index (χ0v) is 14.3. The smallest absolute Gasteiger partial charge is 0.325 e. The van der Waals surface area contributed by atoms with Gasteiger partial charge in [-0.2, -0.15) is 0 Å². The van der Waals surface area contributed by atoms with E-state index in [2.05, 4.69) is 5.32 Å². The van der Waals surface area contributed by atoms with Crippen molar-refractivity contribution >= 4 is 17.6 Å². The molecule has 1 heterocycles. The molecule has 140 valence electrons. The molecule has 1 aliphatic heterocycles. The van der Waals surface area contributed by atoms with E-state index in [4.69, 9.17) is 4.74 Å². The Labute approximate surface area is 153 Å². The number of amides is 3. The van der Waals surface area contributed by atoms with Crippen LogP contribution in [0.25, 0.3) is 0 Å². The van der Waals surface area contributed by atoms with Crippen molar-refractivity contribution in [1.82, 2.24) is 10.2 Å². The molecule has 3 amide bonds. The Morgan fingerprint density at radius 3 is 2.56 bits per heavy atom. The Hall–Kier alpha value is -3.49. The predicted octanol–water partition coefficient (Wildman–Crippen LogP) is 2.58. The van der Waals surface area contributed by atoms with Crippen LogP contribution in [0.5, 0.6) is 5.75 Å². The maximum Gasteiger partial charge on any atom is 0.325 e. The number of hydrogen-bond donors (Lipinski definition) is 1. The molecule has 0 bridgehead atoms. The highest BCUT2D eigenvalue weighted by atomic mass is 19.1. The number of halogens is 1. The van der Waals surface area contributed by atoms with Crippen LogP contribution in [-0.2, 0) is 10.3 Å². The molecule has 2 aromatic carbocycles. The SMILES string of the molecule is CC1(c2ccccc2F)NC(=O)N(CCOc2ccccc2[N+](=O)[O-])C1=O. The number of ether oxygens (including phenoxy) is 1. The number of urea groups is 1. The number of nitrogens with zero attached hydrogens (tertiary/aromatic N) is 2. The number of benzene rings is 2. The fourth-order valence-corrected chi connectivity index (χ4v) is 2.93. The molecule has 9 heteroatoms. The molecule has 8 nitrogen and oxygen atoms in total. The largest absolute Gasteiger partial charge is 0.485 e. The third kappa shape index (κ3) is 3.31. The molecule has 0 radical (unpaired) electrons. The van der Waals surface area contributed by atoms with Crippen molar-refractivity contribution in [2.75, 3.05) is 13.2 Å². The van der Waals surface area contributed by atoms with E-state index in [1.54, 1.807) is 12.1 Å². The van der Waals surface area contributed by atoms with Crippen LogP contribution >= 0.6 is 0 Å². The summed E-state index contributed by atoms with van der Waals surface area (Å²) in [4.78, 5) is 36.2. The Kier molecular flexibility index (Phi) is 4.76. The summed E-state index contributed by atoms with van der Waals surface area (Å²) < 4.78 is 19.5. The number of nitro groups is 1. The van der Waals surface area contributed by atoms with Gasteiger partial charge in [0.15, 0.2) is 5.75 Å². The Balaban J connectivity index is 1.72. The van der Waals surface area contributed by atoms with Gasteiger partial charge in [-0.1, -0.05) is 30.3 Å². The van der Waals surface area contributed by atoms with Gasteiger partial charge in [-0.3, -0.25) is 19.8 Å². The monoisotopic (exact) mass is 373 g/mol. The predicted molar refractivity (Wildman–Crippen MR) is 92.6 cm³/mol. The van der Waals surface area contributed by atoms with Gasteiger partial charge in [-0.15, -0.1) is 0 Å². The fourth-order valence-electron chi connectivity index (χ4n) is 2.93. The van der Waals surface area contributed by atoms with Crippen LogP contribution in [0.15, 0.2) is 48.5 Å². The van der Waals surface area contributed by atoms with Crippen molar-refractivity contribution < 1.29 is 23.6 Å². The van der Waals surface area contributed by atoms with Crippen molar-refractivity contribution in [3.8, 4) is 5.75 Å². The number of carbonyl (C=O) groups is 2. The Bertz CT molecular complexity index is 919. The zero-order chi connectivity index (χ0) is 19.6. The van der Waals surface area contributed by atoms with E-state index < -0.39 is 28.2 Å². The van der Waals surface area contributed by atoms with Gasteiger partial charge in [0.1, 0.15) is 18.0 Å². The van der Waals surface area contributed by atoms with Gasteiger partial charge in [0, 0.05) is 11.6 Å². The second-order valence-corrected chi connectivity index (χ2v) is 6.07. The molecule has 0 spiro atoms. The summed E-state index contributed by atoms with van der Waals surface area (Å²) in [7, 11) is 0. The standard InChI is InChI=1S/C18H16FN3O5/c1-18(12-6-2-3-7-13(12)19)16(23)21(17(24)20-18)10-11-27-15-9-5-4-8-14(15)22(25)26/h2-9H,10-11H2,1H3,(H,20,24). The molecule has 27 heavy (non-hydrogen) atoms. The molecule has 1 saturated heterocycles. The van der Waals surface area contributed by atoms with Gasteiger partial charge in [0.25, 0.3) is 5.91 Å². The van der Waals surface area contributed by atoms with Crippen LogP contribution < -0.4 is 10.1 Å². The Morgan fingerprint density at radius 1 is 1.19 bits per heavy atom. The average Bonchev–Trinajstić information content (AvgIpc) is 2.86. The first-order valence-corrected chi connectivity index (χ1v) is 8.10. The number of nitro benzene ring substituents is 1.